The zero-order valence-electron chi connectivity index (χ0n) is 80.2. The number of imide groups is 1. The highest BCUT2D eigenvalue weighted by Crippen LogP contribution is 2.59. The Morgan fingerprint density at radius 1 is 0.400 bits per heavy atom. The molecule has 4 amide bonds. The third-order valence-electron chi connectivity index (χ3n) is 25.3. The SMILES string of the molecule is C1CC2C3CCC(C3)C2C1.CC1(C)CC(N=C=O)CC(C)(Cn2c(=O)n(CC3(C)CC(N=C=O)CC(C)(C)C3)c(=O)n(CC3(C)CC(OC#N)CC(C)(C)C3)c2=O)C1.CC1(C)CC(OC#N)CC(C)(CN=C=O)C1.CCN=C=O.CCOC#N.N#COCCCCCCN=C=O.N#COCCCCCCNC(=O)N(CCCCCCN=C=O)C(=O)NCCCCCCN=C=O. The average Bonchev–Trinajstić information content (AvgIpc) is 1.12. The van der Waals surface area contributed by atoms with Crippen molar-refractivity contribution in [1.29, 1.82) is 26.3 Å². The quantitative estimate of drug-likeness (QED) is 0.0266. The van der Waals surface area contributed by atoms with Crippen LogP contribution in [0.3, 0.4) is 0 Å². The van der Waals surface area contributed by atoms with Gasteiger partial charge in [0.05, 0.1) is 44.9 Å². The minimum absolute atomic E-state index is 0.0550. The second-order valence-electron chi connectivity index (χ2n) is 40.4. The van der Waals surface area contributed by atoms with Crippen LogP contribution < -0.4 is 27.7 Å². The van der Waals surface area contributed by atoms with E-state index in [-0.39, 0.29) is 71.0 Å². The molecule has 7 saturated carbocycles. The molecule has 1 aromatic heterocycles. The summed E-state index contributed by atoms with van der Waals surface area (Å²) < 4.78 is 27.3. The molecule has 720 valence electrons. The van der Waals surface area contributed by atoms with Crippen LogP contribution in [0.1, 0.15) is 315 Å². The van der Waals surface area contributed by atoms with Gasteiger partial charge in [0.1, 0.15) is 25.4 Å². The lowest BCUT2D eigenvalue weighted by Crippen LogP contribution is -2.59. The molecular formula is C95H148N18O17. The molecule has 0 saturated heterocycles. The van der Waals surface area contributed by atoms with Crippen LogP contribution in [-0.4, -0.2) is 170 Å². The number of urea groups is 2. The summed E-state index contributed by atoms with van der Waals surface area (Å²) in [5.41, 5.74) is -4.29. The van der Waals surface area contributed by atoms with Gasteiger partial charge in [0.15, 0.2) is 0 Å². The predicted molar refractivity (Wildman–Crippen MR) is 487 cm³/mol. The molecule has 12 atom stereocenters. The Bertz CT molecular complexity index is 4280. The average molecular weight is 1810 g/mol. The van der Waals surface area contributed by atoms with Crippen LogP contribution in [0.2, 0.25) is 0 Å². The molecule has 1 aromatic rings. The second kappa shape index (κ2) is 61.8. The van der Waals surface area contributed by atoms with Gasteiger partial charge in [-0.05, 0) is 254 Å². The van der Waals surface area contributed by atoms with Gasteiger partial charge in [0, 0.05) is 45.8 Å². The van der Waals surface area contributed by atoms with E-state index in [0.717, 1.165) is 116 Å². The van der Waals surface area contributed by atoms with Crippen molar-refractivity contribution in [3.63, 3.8) is 0 Å². The van der Waals surface area contributed by atoms with Crippen molar-refractivity contribution in [2.24, 2.45) is 102 Å². The topological polar surface area (TPSA) is 499 Å². The maximum Gasteiger partial charge on any atom is 0.336 e. The highest BCUT2D eigenvalue weighted by molar-refractivity contribution is 5.93. The molecule has 2 bridgehead atoms. The molecule has 35 heteroatoms. The lowest BCUT2D eigenvalue weighted by atomic mass is 9.62. The highest BCUT2D eigenvalue weighted by Gasteiger charge is 2.50. The molecule has 0 aromatic carbocycles. The number of fused-ring (bicyclic) bond motifs is 5. The van der Waals surface area contributed by atoms with E-state index in [1.165, 1.54) is 72.8 Å². The number of amides is 4. The molecule has 7 aliphatic rings. The number of nitrogens with zero attached hydrogens (tertiary/aromatic N) is 16. The minimum atomic E-state index is -0.666. The van der Waals surface area contributed by atoms with E-state index < -0.39 is 45.4 Å². The third-order valence-corrected chi connectivity index (χ3v) is 25.3. The number of nitrogens with one attached hydrogen (secondary N) is 2. The first kappa shape index (κ1) is 115. The normalized spacial score (nSPS) is 24.6. The highest BCUT2D eigenvalue weighted by atomic mass is 16.5. The number of nitriles is 5. The van der Waals surface area contributed by atoms with Crippen LogP contribution in [0.5, 0.6) is 0 Å². The van der Waals surface area contributed by atoms with E-state index in [2.05, 4.69) is 122 Å². The minimum Gasteiger partial charge on any atom is -0.428 e. The predicted octanol–water partition coefficient (Wildman–Crippen LogP) is 16.1. The summed E-state index contributed by atoms with van der Waals surface area (Å²) in [4.78, 5) is 167. The summed E-state index contributed by atoms with van der Waals surface area (Å²) in [7, 11) is 0. The van der Waals surface area contributed by atoms with Gasteiger partial charge in [-0.15, -0.1) is 0 Å². The molecule has 7 fully saturated rings. The standard InChI is InChI=1S/C36H54N6O6.C23H38N6O5.C12H18N2O2.C10H16.C8H12N2O2.2C3H5NO/c1-31(2)10-25(38-23-43)12-34(7,16-31)19-40-28(45)41(20-35(8)13-26(39-24-44)11-32(3,4)17-35)30(47)42(29(40)46)21-36(9)15-27(48-22-37)14-33(5,6)18-36;24-19-34-18-12-6-4-10-16-28-23(33)29(17-11-5-3-8-14-26-21-31)22(32)27-15-9-2-1-7-13-25-20-30;1-11(2)4-10(16-8-13)5-12(3,6-11)7-14-9-15;1-2-9-7-4-5-8(6-7)10(9)3-1;9-7-12-6-4-2-1-3-5-10-8-11;1-2-5-3-4;1-2-4-3-5/h25-27H,10-21H2,1-9H3;1-18H2,(H,27,32)(H,28,33);10H,4-7H2,1-3H3;7-10H,1-6H2;1-6H2;2*2H2,1H3. The smallest absolute Gasteiger partial charge is 0.336 e. The Morgan fingerprint density at radius 3 is 1.08 bits per heavy atom. The summed E-state index contributed by atoms with van der Waals surface area (Å²) in [6, 6.07) is -1.41. The number of aliphatic imine (C=N–C) groups is 7. The van der Waals surface area contributed by atoms with E-state index in [0.29, 0.717) is 136 Å². The van der Waals surface area contributed by atoms with Crippen molar-refractivity contribution in [1.82, 2.24) is 29.2 Å². The molecule has 12 unspecified atom stereocenters. The maximum absolute atomic E-state index is 14.4. The fourth-order valence-electron chi connectivity index (χ4n) is 21.9. The zero-order chi connectivity index (χ0) is 97.1. The summed E-state index contributed by atoms with van der Waals surface area (Å²) in [6.07, 6.45) is 50.2. The number of isocyanates is 7. The van der Waals surface area contributed by atoms with Crippen molar-refractivity contribution in [2.45, 2.75) is 359 Å². The molecule has 2 N–H and O–H groups in total. The number of carbonyl (C=O) groups is 2. The second-order valence-corrected chi connectivity index (χ2v) is 40.4. The van der Waals surface area contributed by atoms with Crippen LogP contribution in [-0.2, 0) is 76.9 Å². The maximum atomic E-state index is 14.4. The molecule has 130 heavy (non-hydrogen) atoms. The third kappa shape index (κ3) is 45.7. The molecule has 0 radical (unpaired) electrons. The fraction of sp³-hybridized carbons (Fsp3) is 0.821. The molecule has 8 rings (SSSR count). The van der Waals surface area contributed by atoms with Crippen molar-refractivity contribution < 1.29 is 66.8 Å². The van der Waals surface area contributed by atoms with Crippen molar-refractivity contribution in [3.05, 3.63) is 31.5 Å². The fourth-order valence-corrected chi connectivity index (χ4v) is 21.9. The Labute approximate surface area is 769 Å². The Kier molecular flexibility index (Phi) is 54.8. The lowest BCUT2D eigenvalue weighted by Gasteiger charge is -2.46. The lowest BCUT2D eigenvalue weighted by molar-refractivity contribution is -0.0206. The number of carbonyl (C=O) groups excluding carboxylic acids is 9. The summed E-state index contributed by atoms with van der Waals surface area (Å²) in [5, 5.41) is 47.4. The number of unbranched alkanes of at least 4 members (excludes halogenated alkanes) is 12. The van der Waals surface area contributed by atoms with Crippen LogP contribution in [0.15, 0.2) is 49.3 Å². The summed E-state index contributed by atoms with van der Waals surface area (Å²) >= 11 is 0. The molecule has 35 nitrogen and oxygen atoms in total. The molecule has 0 aliphatic heterocycles. The Balaban J connectivity index is 0.000000595. The first-order valence-corrected chi connectivity index (χ1v) is 46.5. The zero-order valence-corrected chi connectivity index (χ0v) is 80.2. The monoisotopic (exact) mass is 1810 g/mol. The van der Waals surface area contributed by atoms with Gasteiger partial charge in [0.2, 0.25) is 42.6 Å². The van der Waals surface area contributed by atoms with Gasteiger partial charge >= 0.3 is 29.1 Å². The summed E-state index contributed by atoms with van der Waals surface area (Å²) in [6.45, 7) is 33.8. The van der Waals surface area contributed by atoms with Crippen LogP contribution >= 0.6 is 0 Å². The Morgan fingerprint density at radius 2 is 0.746 bits per heavy atom. The van der Waals surface area contributed by atoms with Crippen molar-refractivity contribution >= 4 is 54.6 Å². The van der Waals surface area contributed by atoms with Gasteiger partial charge in [-0.3, -0.25) is 0 Å². The van der Waals surface area contributed by atoms with E-state index in [9.17, 15) is 58.0 Å². The van der Waals surface area contributed by atoms with E-state index in [4.69, 9.17) is 35.3 Å². The van der Waals surface area contributed by atoms with Crippen LogP contribution in [0, 0.1) is 125 Å². The first-order valence-electron chi connectivity index (χ1n) is 46.5. The number of aromatic nitrogens is 3. The number of hydrogen-bond donors (Lipinski definition) is 2. The number of hydrogen-bond acceptors (Lipinski definition) is 29. The Hall–Kier alpha value is -10.7. The molecule has 7 aliphatic carbocycles. The molecule has 0 spiro atoms. The molecular weight excluding hydrogens is 1670 g/mol. The van der Waals surface area contributed by atoms with E-state index in [1.54, 1.807) is 89.4 Å². The van der Waals surface area contributed by atoms with E-state index in [1.807, 2.05) is 27.0 Å². The van der Waals surface area contributed by atoms with Crippen molar-refractivity contribution in [3.8, 4) is 31.3 Å². The largest absolute Gasteiger partial charge is 0.428 e. The first-order chi connectivity index (χ1) is 61.8. The van der Waals surface area contributed by atoms with Crippen LogP contribution in [0.25, 0.3) is 0 Å². The number of rotatable bonds is 42. The van der Waals surface area contributed by atoms with Crippen molar-refractivity contribution in [2.75, 3.05) is 72.2 Å². The van der Waals surface area contributed by atoms with Gasteiger partial charge in [-0.2, -0.15) is 26.3 Å². The van der Waals surface area contributed by atoms with Gasteiger partial charge in [0.25, 0.3) is 31.3 Å². The van der Waals surface area contributed by atoms with Crippen LogP contribution in [0.4, 0.5) is 9.59 Å². The van der Waals surface area contributed by atoms with Gasteiger partial charge in [-0.25, -0.2) is 111 Å². The van der Waals surface area contributed by atoms with E-state index >= 15 is 0 Å². The van der Waals surface area contributed by atoms with Gasteiger partial charge in [-0.1, -0.05) is 128 Å². The molecule has 1 heterocycles. The van der Waals surface area contributed by atoms with Gasteiger partial charge < -0.3 is 34.3 Å². The number of ether oxygens (including phenoxy) is 5. The summed E-state index contributed by atoms with van der Waals surface area (Å²) in [5.74, 6) is 4.80.